The highest BCUT2D eigenvalue weighted by Gasteiger charge is 2.15. The second-order valence-corrected chi connectivity index (χ2v) is 5.24. The Kier molecular flexibility index (Phi) is 5.85. The van der Waals surface area contributed by atoms with Crippen LogP contribution in [0.3, 0.4) is 0 Å². The van der Waals surface area contributed by atoms with E-state index in [9.17, 15) is 4.79 Å². The zero-order chi connectivity index (χ0) is 13.7. The molecule has 3 nitrogen and oxygen atoms in total. The zero-order valence-electron chi connectivity index (χ0n) is 9.87. The van der Waals surface area contributed by atoms with Crippen molar-refractivity contribution in [3.8, 4) is 0 Å². The van der Waals surface area contributed by atoms with Crippen molar-refractivity contribution in [2.45, 2.75) is 25.8 Å². The van der Waals surface area contributed by atoms with Crippen LogP contribution in [0.4, 0.5) is 0 Å². The third-order valence-electron chi connectivity index (χ3n) is 2.45. The molecule has 0 aliphatic carbocycles. The van der Waals surface area contributed by atoms with Gasteiger partial charge >= 0.3 is 0 Å². The smallest absolute Gasteiger partial charge is 0.253 e. The van der Waals surface area contributed by atoms with E-state index in [1.807, 2.05) is 6.92 Å². The van der Waals surface area contributed by atoms with E-state index in [2.05, 4.69) is 5.32 Å². The molecule has 0 saturated carbocycles. The van der Waals surface area contributed by atoms with E-state index in [0.29, 0.717) is 27.0 Å². The van der Waals surface area contributed by atoms with Crippen molar-refractivity contribution in [3.05, 3.63) is 33.8 Å². The van der Waals surface area contributed by atoms with Crippen molar-refractivity contribution < 1.29 is 4.79 Å². The van der Waals surface area contributed by atoms with E-state index in [1.54, 1.807) is 12.1 Å². The number of carbonyl (C=O) groups is 1. The molecule has 3 N–H and O–H groups in total. The molecule has 1 aromatic rings. The lowest BCUT2D eigenvalue weighted by atomic mass is 10.1. The lowest BCUT2D eigenvalue weighted by Gasteiger charge is -2.16. The average Bonchev–Trinajstić information content (AvgIpc) is 2.27. The Balaban J connectivity index is 2.77. The van der Waals surface area contributed by atoms with Gasteiger partial charge in [-0.1, -0.05) is 42.3 Å². The van der Waals surface area contributed by atoms with Gasteiger partial charge in [0.25, 0.3) is 5.91 Å². The number of nitrogens with two attached hydrogens (primary N) is 1. The van der Waals surface area contributed by atoms with Crippen LogP contribution in [0.1, 0.15) is 30.1 Å². The molecular weight excluding hydrogens is 291 g/mol. The number of thiocarbonyl (C=S) groups is 1. The van der Waals surface area contributed by atoms with Gasteiger partial charge in [-0.2, -0.15) is 0 Å². The maximum Gasteiger partial charge on any atom is 0.253 e. The highest BCUT2D eigenvalue weighted by Crippen LogP contribution is 2.21. The molecule has 0 aliphatic rings. The van der Waals surface area contributed by atoms with Crippen LogP contribution in [-0.2, 0) is 0 Å². The summed E-state index contributed by atoms with van der Waals surface area (Å²) < 4.78 is 0. The van der Waals surface area contributed by atoms with Crippen molar-refractivity contribution in [3.63, 3.8) is 0 Å². The number of amides is 1. The first kappa shape index (κ1) is 15.2. The molecule has 0 heterocycles. The average molecular weight is 305 g/mol. The summed E-state index contributed by atoms with van der Waals surface area (Å²) in [4.78, 5) is 12.4. The normalized spacial score (nSPS) is 11.9. The van der Waals surface area contributed by atoms with Gasteiger partial charge in [-0.05, 0) is 24.6 Å². The first-order chi connectivity index (χ1) is 8.43. The Hall–Kier alpha value is -0.840. The standard InChI is InChI=1S/C12H14Cl2N2OS/c1-2-8(6-11(15)18)16-12(17)9-4-3-7(13)5-10(9)14/h3-5,8H,2,6H2,1H3,(H2,15,18)(H,16,17). The van der Waals surface area contributed by atoms with Crippen molar-refractivity contribution in [2.24, 2.45) is 5.73 Å². The molecule has 0 fully saturated rings. The molecule has 0 saturated heterocycles. The molecule has 0 aromatic heterocycles. The molecule has 1 rings (SSSR count). The molecule has 98 valence electrons. The summed E-state index contributed by atoms with van der Waals surface area (Å²) in [7, 11) is 0. The summed E-state index contributed by atoms with van der Waals surface area (Å²) >= 11 is 16.6. The maximum atomic E-state index is 12.0. The number of hydrogen-bond donors (Lipinski definition) is 2. The number of halogens is 2. The van der Waals surface area contributed by atoms with Crippen LogP contribution >= 0.6 is 35.4 Å². The van der Waals surface area contributed by atoms with E-state index in [-0.39, 0.29) is 11.9 Å². The summed E-state index contributed by atoms with van der Waals surface area (Å²) in [6, 6.07) is 4.67. The Morgan fingerprint density at radius 2 is 2.17 bits per heavy atom. The monoisotopic (exact) mass is 304 g/mol. The number of carbonyl (C=O) groups excluding carboxylic acids is 1. The Labute approximate surface area is 122 Å². The van der Waals surface area contributed by atoms with E-state index in [4.69, 9.17) is 41.2 Å². The summed E-state index contributed by atoms with van der Waals surface area (Å²) in [5.74, 6) is -0.250. The summed E-state index contributed by atoms with van der Waals surface area (Å²) in [5, 5.41) is 3.66. The van der Waals surface area contributed by atoms with Crippen LogP contribution in [0, 0.1) is 0 Å². The summed E-state index contributed by atoms with van der Waals surface area (Å²) in [6.45, 7) is 1.95. The van der Waals surface area contributed by atoms with Crippen LogP contribution in [0.25, 0.3) is 0 Å². The molecule has 1 amide bonds. The molecular formula is C12H14Cl2N2OS. The highest BCUT2D eigenvalue weighted by molar-refractivity contribution is 7.80. The van der Waals surface area contributed by atoms with Crippen molar-refractivity contribution in [1.29, 1.82) is 0 Å². The molecule has 18 heavy (non-hydrogen) atoms. The lowest BCUT2D eigenvalue weighted by molar-refractivity contribution is 0.0937. The van der Waals surface area contributed by atoms with Crippen LogP contribution < -0.4 is 11.1 Å². The second-order valence-electron chi connectivity index (χ2n) is 3.87. The first-order valence-electron chi connectivity index (χ1n) is 5.48. The number of hydrogen-bond acceptors (Lipinski definition) is 2. The van der Waals surface area contributed by atoms with Crippen LogP contribution in [0.15, 0.2) is 18.2 Å². The number of nitrogens with one attached hydrogen (secondary N) is 1. The zero-order valence-corrected chi connectivity index (χ0v) is 12.2. The second kappa shape index (κ2) is 6.92. The molecule has 1 unspecified atom stereocenters. The Morgan fingerprint density at radius 3 is 2.67 bits per heavy atom. The molecule has 0 bridgehead atoms. The largest absolute Gasteiger partial charge is 0.393 e. The van der Waals surface area contributed by atoms with Crippen molar-refractivity contribution in [1.82, 2.24) is 5.32 Å². The molecule has 0 aliphatic heterocycles. The van der Waals surface area contributed by atoms with Gasteiger partial charge in [0, 0.05) is 17.5 Å². The Bertz CT molecular complexity index is 465. The molecule has 0 spiro atoms. The van der Waals surface area contributed by atoms with Gasteiger partial charge in [-0.25, -0.2) is 0 Å². The summed E-state index contributed by atoms with van der Waals surface area (Å²) in [6.07, 6.45) is 1.22. The number of rotatable bonds is 5. The van der Waals surface area contributed by atoms with Gasteiger partial charge in [0.15, 0.2) is 0 Å². The van der Waals surface area contributed by atoms with Gasteiger partial charge in [0.2, 0.25) is 0 Å². The van der Waals surface area contributed by atoms with E-state index >= 15 is 0 Å². The van der Waals surface area contributed by atoms with Gasteiger partial charge in [0.1, 0.15) is 0 Å². The number of benzene rings is 1. The molecule has 0 radical (unpaired) electrons. The SMILES string of the molecule is CCC(CC(N)=S)NC(=O)c1ccc(Cl)cc1Cl. The third-order valence-corrected chi connectivity index (χ3v) is 3.17. The molecule has 6 heteroatoms. The van der Waals surface area contributed by atoms with Gasteiger partial charge < -0.3 is 11.1 Å². The minimum absolute atomic E-state index is 0.0817. The molecule has 1 aromatic carbocycles. The fourth-order valence-electron chi connectivity index (χ4n) is 1.48. The fraction of sp³-hybridized carbons (Fsp3) is 0.333. The first-order valence-corrected chi connectivity index (χ1v) is 6.64. The van der Waals surface area contributed by atoms with Crippen molar-refractivity contribution >= 4 is 46.3 Å². The maximum absolute atomic E-state index is 12.0. The van der Waals surface area contributed by atoms with E-state index in [1.165, 1.54) is 6.07 Å². The quantitative estimate of drug-likeness (QED) is 0.822. The van der Waals surface area contributed by atoms with Crippen LogP contribution in [-0.4, -0.2) is 16.9 Å². The highest BCUT2D eigenvalue weighted by atomic mass is 35.5. The van der Waals surface area contributed by atoms with Crippen molar-refractivity contribution in [2.75, 3.05) is 0 Å². The Morgan fingerprint density at radius 1 is 1.50 bits per heavy atom. The van der Waals surface area contributed by atoms with E-state index < -0.39 is 0 Å². The van der Waals surface area contributed by atoms with E-state index in [0.717, 1.165) is 6.42 Å². The van der Waals surface area contributed by atoms with Crippen LogP contribution in [0.5, 0.6) is 0 Å². The van der Waals surface area contributed by atoms with Gasteiger partial charge in [0.05, 0.1) is 15.6 Å². The minimum Gasteiger partial charge on any atom is -0.393 e. The fourth-order valence-corrected chi connectivity index (χ4v) is 2.17. The van der Waals surface area contributed by atoms with Gasteiger partial charge in [-0.3, -0.25) is 4.79 Å². The minimum atomic E-state index is -0.250. The lowest BCUT2D eigenvalue weighted by Crippen LogP contribution is -2.37. The molecule has 1 atom stereocenters. The topological polar surface area (TPSA) is 55.1 Å². The van der Waals surface area contributed by atoms with Crippen LogP contribution in [0.2, 0.25) is 10.0 Å². The summed E-state index contributed by atoms with van der Waals surface area (Å²) in [5.41, 5.74) is 5.86. The van der Waals surface area contributed by atoms with Gasteiger partial charge in [-0.15, -0.1) is 0 Å². The third kappa shape index (κ3) is 4.44. The predicted molar refractivity (Wildman–Crippen MR) is 79.4 cm³/mol. The predicted octanol–water partition coefficient (Wildman–Crippen LogP) is 3.18.